The molecule has 3 rings (SSSR count). The van der Waals surface area contributed by atoms with Gasteiger partial charge in [-0.3, -0.25) is 0 Å². The lowest BCUT2D eigenvalue weighted by atomic mass is 10.1. The summed E-state index contributed by atoms with van der Waals surface area (Å²) in [5.74, 6) is 0.0428. The number of carbonyl (C=O) groups is 1. The molecule has 0 radical (unpaired) electrons. The molecular formula is C17H16O3. The van der Waals surface area contributed by atoms with Crippen molar-refractivity contribution in [1.82, 2.24) is 0 Å². The topological polar surface area (TPSA) is 46.5 Å². The summed E-state index contributed by atoms with van der Waals surface area (Å²) in [6.45, 7) is 5.92. The molecule has 0 bridgehead atoms. The second-order valence-corrected chi connectivity index (χ2v) is 5.02. The zero-order valence-corrected chi connectivity index (χ0v) is 11.3. The molecule has 1 N–H and O–H groups in total. The molecule has 0 fully saturated rings. The normalized spacial score (nSPS) is 15.8. The Bertz CT molecular complexity index is 715. The van der Waals surface area contributed by atoms with Gasteiger partial charge in [-0.15, -0.1) is 0 Å². The van der Waals surface area contributed by atoms with Gasteiger partial charge in [0.2, 0.25) is 0 Å². The molecule has 1 aliphatic carbocycles. The fraction of sp³-hybridized carbons (Fsp3) is 0.235. The van der Waals surface area contributed by atoms with Crippen molar-refractivity contribution >= 4 is 16.7 Å². The Morgan fingerprint density at radius 2 is 2.10 bits per heavy atom. The van der Waals surface area contributed by atoms with E-state index in [1.807, 2.05) is 24.3 Å². The zero-order valence-electron chi connectivity index (χ0n) is 11.3. The van der Waals surface area contributed by atoms with Gasteiger partial charge in [-0.05, 0) is 35.7 Å². The van der Waals surface area contributed by atoms with Crippen LogP contribution in [0.5, 0.6) is 5.75 Å². The minimum Gasteiger partial charge on any atom is -0.508 e. The highest BCUT2D eigenvalue weighted by atomic mass is 16.5. The fourth-order valence-electron chi connectivity index (χ4n) is 2.78. The van der Waals surface area contributed by atoms with E-state index >= 15 is 0 Å². The second-order valence-electron chi connectivity index (χ2n) is 5.02. The van der Waals surface area contributed by atoms with Crippen molar-refractivity contribution in [2.24, 2.45) is 0 Å². The van der Waals surface area contributed by atoms with Crippen LogP contribution in [0.25, 0.3) is 10.8 Å². The van der Waals surface area contributed by atoms with Gasteiger partial charge in [0.05, 0.1) is 6.61 Å². The minimum atomic E-state index is -0.353. The Hall–Kier alpha value is -2.29. The van der Waals surface area contributed by atoms with Crippen LogP contribution in [-0.2, 0) is 9.53 Å². The Morgan fingerprint density at radius 3 is 2.85 bits per heavy atom. The van der Waals surface area contributed by atoms with Gasteiger partial charge in [-0.1, -0.05) is 30.8 Å². The van der Waals surface area contributed by atoms with Crippen LogP contribution in [-0.4, -0.2) is 17.7 Å². The molecule has 0 aromatic heterocycles. The average molecular weight is 268 g/mol. The van der Waals surface area contributed by atoms with E-state index in [2.05, 4.69) is 6.58 Å². The van der Waals surface area contributed by atoms with Crippen molar-refractivity contribution in [3.05, 3.63) is 53.6 Å². The molecule has 102 valence electrons. The van der Waals surface area contributed by atoms with Crippen molar-refractivity contribution in [2.75, 3.05) is 6.61 Å². The predicted octanol–water partition coefficient (Wildman–Crippen LogP) is 3.50. The van der Waals surface area contributed by atoms with Crippen LogP contribution in [0.4, 0.5) is 0 Å². The molecule has 1 unspecified atom stereocenters. The molecule has 0 saturated heterocycles. The smallest absolute Gasteiger partial charge is 0.333 e. The lowest BCUT2D eigenvalue weighted by Gasteiger charge is -2.03. The Balaban J connectivity index is 1.87. The van der Waals surface area contributed by atoms with E-state index in [4.69, 9.17) is 4.74 Å². The number of esters is 1. The molecule has 1 aliphatic rings. The number of hydrogen-bond acceptors (Lipinski definition) is 3. The van der Waals surface area contributed by atoms with Crippen LogP contribution in [0.1, 0.15) is 30.4 Å². The molecule has 20 heavy (non-hydrogen) atoms. The number of carbonyl (C=O) groups excluding carboxylic acids is 1. The van der Waals surface area contributed by atoms with E-state index in [1.165, 1.54) is 0 Å². The van der Waals surface area contributed by atoms with Crippen molar-refractivity contribution in [3.8, 4) is 5.75 Å². The second kappa shape index (κ2) is 4.67. The van der Waals surface area contributed by atoms with E-state index in [0.29, 0.717) is 24.4 Å². The van der Waals surface area contributed by atoms with E-state index in [1.54, 1.807) is 13.0 Å². The number of phenolic OH excluding ortho intramolecular Hbond substituents is 1. The first-order chi connectivity index (χ1) is 9.63. The standard InChI is InChI=1S/C17H16O3/c1-3-20-17(19)10(2)8-13-15-12-7-5-4-6-11(12)9-14(18)16(13)15/h4-7,9,13,18H,2-3,8H2,1H3. The first-order valence-electron chi connectivity index (χ1n) is 6.73. The van der Waals surface area contributed by atoms with Gasteiger partial charge >= 0.3 is 5.97 Å². The van der Waals surface area contributed by atoms with Crippen molar-refractivity contribution in [3.63, 3.8) is 0 Å². The summed E-state index contributed by atoms with van der Waals surface area (Å²) in [6.07, 6.45) is 0.510. The van der Waals surface area contributed by atoms with Crippen LogP contribution >= 0.6 is 0 Å². The summed E-state index contributed by atoms with van der Waals surface area (Å²) in [6, 6.07) is 9.73. The van der Waals surface area contributed by atoms with Gasteiger partial charge in [0.25, 0.3) is 0 Å². The summed E-state index contributed by atoms with van der Waals surface area (Å²) < 4.78 is 4.95. The number of ether oxygens (including phenoxy) is 1. The lowest BCUT2D eigenvalue weighted by Crippen LogP contribution is -2.06. The Kier molecular flexibility index (Phi) is 2.97. The number of phenols is 1. The molecule has 0 aliphatic heterocycles. The van der Waals surface area contributed by atoms with E-state index in [-0.39, 0.29) is 11.9 Å². The van der Waals surface area contributed by atoms with Crippen molar-refractivity contribution < 1.29 is 14.6 Å². The molecule has 1 atom stereocenters. The Morgan fingerprint density at radius 1 is 1.35 bits per heavy atom. The van der Waals surface area contributed by atoms with Crippen LogP contribution < -0.4 is 0 Å². The summed E-state index contributed by atoms with van der Waals surface area (Å²) in [4.78, 5) is 11.6. The molecule has 3 heteroatoms. The molecular weight excluding hydrogens is 252 g/mol. The average Bonchev–Trinajstić information content (AvgIpc) is 3.14. The van der Waals surface area contributed by atoms with Crippen LogP contribution in [0.15, 0.2) is 42.5 Å². The molecule has 2 aromatic rings. The molecule has 0 spiro atoms. The van der Waals surface area contributed by atoms with Gasteiger partial charge in [-0.25, -0.2) is 4.79 Å². The quantitative estimate of drug-likeness (QED) is 0.682. The lowest BCUT2D eigenvalue weighted by molar-refractivity contribution is -0.138. The maximum Gasteiger partial charge on any atom is 0.333 e. The van der Waals surface area contributed by atoms with Gasteiger partial charge in [0.1, 0.15) is 5.75 Å². The number of hydrogen-bond donors (Lipinski definition) is 1. The largest absolute Gasteiger partial charge is 0.508 e. The van der Waals surface area contributed by atoms with Crippen molar-refractivity contribution in [1.29, 1.82) is 0 Å². The highest BCUT2D eigenvalue weighted by Gasteiger charge is 2.39. The SMILES string of the molecule is C=C(CC1c2c(O)cc3ccccc3c21)C(=O)OCC. The van der Waals surface area contributed by atoms with Gasteiger partial charge in [-0.2, -0.15) is 0 Å². The molecule has 2 aromatic carbocycles. The summed E-state index contributed by atoms with van der Waals surface area (Å²) >= 11 is 0. The molecule has 0 saturated carbocycles. The number of aromatic hydroxyl groups is 1. The summed E-state index contributed by atoms with van der Waals surface area (Å²) in [5.41, 5.74) is 2.52. The van der Waals surface area contributed by atoms with Crippen LogP contribution in [0, 0.1) is 0 Å². The van der Waals surface area contributed by atoms with E-state index in [9.17, 15) is 9.90 Å². The van der Waals surface area contributed by atoms with Gasteiger partial charge in [0.15, 0.2) is 0 Å². The third-order valence-corrected chi connectivity index (χ3v) is 3.74. The first kappa shape index (κ1) is 12.7. The number of fused-ring (bicyclic) bond motifs is 3. The van der Waals surface area contributed by atoms with Crippen molar-refractivity contribution in [2.45, 2.75) is 19.3 Å². The summed E-state index contributed by atoms with van der Waals surface area (Å²) in [5, 5.41) is 12.2. The van der Waals surface area contributed by atoms with Gasteiger partial charge < -0.3 is 9.84 Å². The third kappa shape index (κ3) is 1.95. The van der Waals surface area contributed by atoms with E-state index in [0.717, 1.165) is 21.9 Å². The maximum absolute atomic E-state index is 11.6. The summed E-state index contributed by atoms with van der Waals surface area (Å²) in [7, 11) is 0. The highest BCUT2D eigenvalue weighted by molar-refractivity contribution is 5.95. The number of benzene rings is 2. The predicted molar refractivity (Wildman–Crippen MR) is 77.8 cm³/mol. The zero-order chi connectivity index (χ0) is 14.3. The maximum atomic E-state index is 11.6. The monoisotopic (exact) mass is 268 g/mol. The Labute approximate surface area is 117 Å². The first-order valence-corrected chi connectivity index (χ1v) is 6.73. The molecule has 3 nitrogen and oxygen atoms in total. The van der Waals surface area contributed by atoms with Crippen LogP contribution in [0.2, 0.25) is 0 Å². The highest BCUT2D eigenvalue weighted by Crippen LogP contribution is 2.55. The van der Waals surface area contributed by atoms with E-state index < -0.39 is 0 Å². The third-order valence-electron chi connectivity index (χ3n) is 3.74. The van der Waals surface area contributed by atoms with Crippen LogP contribution in [0.3, 0.4) is 0 Å². The molecule has 0 heterocycles. The molecule has 0 amide bonds. The minimum absolute atomic E-state index is 0.0896. The van der Waals surface area contributed by atoms with Gasteiger partial charge in [0, 0.05) is 17.1 Å². The fourth-order valence-corrected chi connectivity index (χ4v) is 2.78. The number of rotatable bonds is 4.